The first kappa shape index (κ1) is 19.6. The second-order valence-electron chi connectivity index (χ2n) is 6.29. The number of nitrogens with one attached hydrogen (secondary N) is 2. The number of ketones is 1. The van der Waals surface area contributed by atoms with E-state index in [2.05, 4.69) is 15.0 Å². The molecule has 0 saturated carbocycles. The highest BCUT2D eigenvalue weighted by Crippen LogP contribution is 2.20. The van der Waals surface area contributed by atoms with Crippen molar-refractivity contribution in [2.75, 3.05) is 10.0 Å². The van der Waals surface area contributed by atoms with Gasteiger partial charge < -0.3 is 5.32 Å². The van der Waals surface area contributed by atoms with Crippen molar-refractivity contribution in [1.82, 2.24) is 4.98 Å². The molecule has 0 radical (unpaired) electrons. The van der Waals surface area contributed by atoms with E-state index in [4.69, 9.17) is 0 Å². The van der Waals surface area contributed by atoms with Crippen LogP contribution >= 0.6 is 0 Å². The van der Waals surface area contributed by atoms with Crippen LogP contribution in [-0.2, 0) is 16.4 Å². The van der Waals surface area contributed by atoms with Gasteiger partial charge in [-0.25, -0.2) is 13.4 Å². The molecule has 2 aromatic carbocycles. The van der Waals surface area contributed by atoms with Gasteiger partial charge in [0, 0.05) is 11.3 Å². The number of carbonyl (C=O) groups excluding carboxylic acids is 1. The molecule has 0 atom stereocenters. The third-order valence-corrected chi connectivity index (χ3v) is 5.62. The number of carbonyl (C=O) groups is 1. The fraction of sp³-hybridized carbons (Fsp3) is 0.143. The molecule has 7 heteroatoms. The van der Waals surface area contributed by atoms with Crippen molar-refractivity contribution in [2.24, 2.45) is 0 Å². The molecule has 1 heterocycles. The van der Waals surface area contributed by atoms with Crippen molar-refractivity contribution in [3.05, 3.63) is 78.0 Å². The first-order valence-electron chi connectivity index (χ1n) is 8.83. The predicted octanol–water partition coefficient (Wildman–Crippen LogP) is 4.39. The van der Waals surface area contributed by atoms with Gasteiger partial charge in [-0.15, -0.1) is 0 Å². The zero-order valence-electron chi connectivity index (χ0n) is 15.6. The van der Waals surface area contributed by atoms with Gasteiger partial charge in [0.15, 0.2) is 5.78 Å². The molecule has 0 aliphatic carbocycles. The Labute approximate surface area is 164 Å². The molecule has 2 N–H and O–H groups in total. The molecule has 6 nitrogen and oxygen atoms in total. The van der Waals surface area contributed by atoms with Gasteiger partial charge in [0.2, 0.25) is 0 Å². The van der Waals surface area contributed by atoms with Gasteiger partial charge >= 0.3 is 0 Å². The molecule has 1 aromatic heterocycles. The Morgan fingerprint density at radius 2 is 1.57 bits per heavy atom. The Balaban J connectivity index is 1.68. The van der Waals surface area contributed by atoms with E-state index in [-0.39, 0.29) is 10.7 Å². The summed E-state index contributed by atoms with van der Waals surface area (Å²) in [4.78, 5) is 15.7. The topological polar surface area (TPSA) is 88.2 Å². The first-order valence-corrected chi connectivity index (χ1v) is 10.3. The van der Waals surface area contributed by atoms with E-state index in [0.29, 0.717) is 17.1 Å². The smallest absolute Gasteiger partial charge is 0.261 e. The Morgan fingerprint density at radius 3 is 2.11 bits per heavy atom. The van der Waals surface area contributed by atoms with Crippen LogP contribution in [-0.4, -0.2) is 19.2 Å². The molecule has 0 unspecified atom stereocenters. The average molecular weight is 395 g/mol. The summed E-state index contributed by atoms with van der Waals surface area (Å²) in [5.74, 6) is 0.566. The molecule has 0 aliphatic heterocycles. The lowest BCUT2D eigenvalue weighted by atomic mass is 10.1. The lowest BCUT2D eigenvalue weighted by Crippen LogP contribution is -2.13. The van der Waals surface area contributed by atoms with E-state index < -0.39 is 10.0 Å². The van der Waals surface area contributed by atoms with Crippen LogP contribution in [0.15, 0.2) is 71.8 Å². The number of anilines is 3. The Morgan fingerprint density at radius 1 is 0.929 bits per heavy atom. The maximum absolute atomic E-state index is 12.5. The fourth-order valence-corrected chi connectivity index (χ4v) is 3.63. The SMILES string of the molecule is CCc1ccc(S(=O)(=O)Nc2ccc(Nc3ccc(C(C)=O)cc3)nc2)cc1. The minimum atomic E-state index is -3.67. The minimum Gasteiger partial charge on any atom is -0.340 e. The normalized spacial score (nSPS) is 11.1. The molecule has 0 fully saturated rings. The summed E-state index contributed by atoms with van der Waals surface area (Å²) in [6.07, 6.45) is 2.30. The number of aryl methyl sites for hydroxylation is 1. The Bertz CT molecular complexity index is 1060. The van der Waals surface area contributed by atoms with Crippen LogP contribution in [0.25, 0.3) is 0 Å². The van der Waals surface area contributed by atoms with Crippen LogP contribution in [0.4, 0.5) is 17.2 Å². The lowest BCUT2D eigenvalue weighted by molar-refractivity contribution is 0.101. The van der Waals surface area contributed by atoms with Crippen LogP contribution in [0, 0.1) is 0 Å². The predicted molar refractivity (Wildman–Crippen MR) is 111 cm³/mol. The first-order chi connectivity index (χ1) is 13.4. The quantitative estimate of drug-likeness (QED) is 0.579. The van der Waals surface area contributed by atoms with Gasteiger partial charge in [-0.1, -0.05) is 19.1 Å². The molecular formula is C21H21N3O3S. The molecule has 0 amide bonds. The fourth-order valence-electron chi connectivity index (χ4n) is 2.58. The number of aromatic nitrogens is 1. The number of sulfonamides is 1. The number of hydrogen-bond donors (Lipinski definition) is 2. The molecule has 0 bridgehead atoms. The van der Waals surface area contributed by atoms with E-state index in [9.17, 15) is 13.2 Å². The molecular weight excluding hydrogens is 374 g/mol. The van der Waals surface area contributed by atoms with E-state index in [1.54, 1.807) is 60.7 Å². The largest absolute Gasteiger partial charge is 0.340 e. The zero-order valence-corrected chi connectivity index (χ0v) is 16.5. The third kappa shape index (κ3) is 4.75. The highest BCUT2D eigenvalue weighted by atomic mass is 32.2. The van der Waals surface area contributed by atoms with Crippen LogP contribution in [0.5, 0.6) is 0 Å². The van der Waals surface area contributed by atoms with Crippen molar-refractivity contribution in [3.8, 4) is 0 Å². The molecule has 0 spiro atoms. The van der Waals surface area contributed by atoms with E-state index in [0.717, 1.165) is 17.7 Å². The summed E-state index contributed by atoms with van der Waals surface area (Å²) in [5.41, 5.74) is 2.86. The molecule has 3 aromatic rings. The lowest BCUT2D eigenvalue weighted by Gasteiger charge is -2.10. The summed E-state index contributed by atoms with van der Waals surface area (Å²) in [7, 11) is -3.67. The van der Waals surface area contributed by atoms with Crippen LogP contribution in [0.1, 0.15) is 29.8 Å². The monoisotopic (exact) mass is 395 g/mol. The van der Waals surface area contributed by atoms with Gasteiger partial charge in [0.25, 0.3) is 10.0 Å². The van der Waals surface area contributed by atoms with Crippen molar-refractivity contribution in [1.29, 1.82) is 0 Å². The number of pyridine rings is 1. The standard InChI is InChI=1S/C21H21N3O3S/c1-3-16-4-11-20(12-5-16)28(26,27)24-19-10-13-21(22-14-19)23-18-8-6-17(7-9-18)15(2)25/h4-14,24H,3H2,1-2H3,(H,22,23). The summed E-state index contributed by atoms with van der Waals surface area (Å²) in [6.45, 7) is 3.53. The number of Topliss-reactive ketones (excluding diaryl/α,β-unsaturated/α-hetero) is 1. The number of benzene rings is 2. The van der Waals surface area contributed by atoms with Crippen LogP contribution in [0.2, 0.25) is 0 Å². The summed E-state index contributed by atoms with van der Waals surface area (Å²) >= 11 is 0. The van der Waals surface area contributed by atoms with Crippen molar-refractivity contribution in [3.63, 3.8) is 0 Å². The second kappa shape index (κ2) is 8.22. The zero-order chi connectivity index (χ0) is 20.1. The number of hydrogen-bond acceptors (Lipinski definition) is 5. The maximum atomic E-state index is 12.5. The Kier molecular flexibility index (Phi) is 5.75. The van der Waals surface area contributed by atoms with Crippen LogP contribution < -0.4 is 10.0 Å². The van der Waals surface area contributed by atoms with Gasteiger partial charge in [0.05, 0.1) is 16.8 Å². The summed E-state index contributed by atoms with van der Waals surface area (Å²) < 4.78 is 27.5. The molecule has 144 valence electrons. The van der Waals surface area contributed by atoms with E-state index in [1.807, 2.05) is 6.92 Å². The Hall–Kier alpha value is -3.19. The number of rotatable bonds is 7. The third-order valence-electron chi connectivity index (χ3n) is 4.22. The molecule has 3 rings (SSSR count). The second-order valence-corrected chi connectivity index (χ2v) is 7.98. The van der Waals surface area contributed by atoms with Gasteiger partial charge in [-0.3, -0.25) is 9.52 Å². The van der Waals surface area contributed by atoms with Gasteiger partial charge in [-0.2, -0.15) is 0 Å². The average Bonchev–Trinajstić information content (AvgIpc) is 2.70. The van der Waals surface area contributed by atoms with E-state index >= 15 is 0 Å². The van der Waals surface area contributed by atoms with Gasteiger partial charge in [-0.05, 0) is 67.4 Å². The minimum absolute atomic E-state index is 0.00523. The van der Waals surface area contributed by atoms with E-state index in [1.165, 1.54) is 13.1 Å². The molecule has 0 aliphatic rings. The summed E-state index contributed by atoms with van der Waals surface area (Å²) in [6, 6.07) is 17.1. The summed E-state index contributed by atoms with van der Waals surface area (Å²) in [5, 5.41) is 3.10. The molecule has 28 heavy (non-hydrogen) atoms. The number of nitrogens with zero attached hydrogens (tertiary/aromatic N) is 1. The molecule has 0 saturated heterocycles. The van der Waals surface area contributed by atoms with Gasteiger partial charge in [0.1, 0.15) is 5.82 Å². The van der Waals surface area contributed by atoms with Crippen molar-refractivity contribution < 1.29 is 13.2 Å². The highest BCUT2D eigenvalue weighted by molar-refractivity contribution is 7.92. The highest BCUT2D eigenvalue weighted by Gasteiger charge is 2.14. The maximum Gasteiger partial charge on any atom is 0.261 e. The van der Waals surface area contributed by atoms with Crippen LogP contribution in [0.3, 0.4) is 0 Å². The van der Waals surface area contributed by atoms with Crippen molar-refractivity contribution in [2.45, 2.75) is 25.2 Å². The van der Waals surface area contributed by atoms with Crippen molar-refractivity contribution >= 4 is 33.0 Å².